The van der Waals surface area contributed by atoms with Crippen molar-refractivity contribution in [1.82, 2.24) is 9.80 Å². The van der Waals surface area contributed by atoms with Crippen LogP contribution in [-0.2, 0) is 16.6 Å². The van der Waals surface area contributed by atoms with Gasteiger partial charge < -0.3 is 15.0 Å². The molecule has 2 aliphatic carbocycles. The van der Waals surface area contributed by atoms with Gasteiger partial charge in [0.2, 0.25) is 5.91 Å². The minimum absolute atomic E-state index is 0.0254. The summed E-state index contributed by atoms with van der Waals surface area (Å²) in [5.74, 6) is 1.69. The number of nitrogens with one attached hydrogen (secondary N) is 1. The Hall–Kier alpha value is -1.59. The Bertz CT molecular complexity index is 810. The summed E-state index contributed by atoms with van der Waals surface area (Å²) in [7, 11) is 6.08. The highest BCUT2D eigenvalue weighted by atomic mass is 16.5. The first-order chi connectivity index (χ1) is 14.0. The number of fused-ring (bicyclic) bond motifs is 1. The molecule has 4 atom stereocenters. The molecule has 0 aromatic heterocycles. The molecule has 1 saturated carbocycles. The summed E-state index contributed by atoms with van der Waals surface area (Å²) in [6.07, 6.45) is 9.72. The van der Waals surface area contributed by atoms with E-state index in [1.54, 1.807) is 7.11 Å². The Kier molecular flexibility index (Phi) is 4.86. The van der Waals surface area contributed by atoms with Crippen molar-refractivity contribution in [2.45, 2.75) is 68.9 Å². The Morgan fingerprint density at radius 3 is 2.72 bits per heavy atom. The first-order valence-electron chi connectivity index (χ1n) is 11.5. The quantitative estimate of drug-likeness (QED) is 0.849. The number of anilines is 1. The van der Waals surface area contributed by atoms with Crippen LogP contribution < -0.4 is 10.1 Å². The number of hydrogen-bond acceptors (Lipinski definition) is 4. The van der Waals surface area contributed by atoms with Gasteiger partial charge in [-0.15, -0.1) is 0 Å². The lowest BCUT2D eigenvalue weighted by molar-refractivity contribution is -0.119. The van der Waals surface area contributed by atoms with Gasteiger partial charge in [-0.3, -0.25) is 9.69 Å². The molecule has 1 aromatic carbocycles. The first kappa shape index (κ1) is 19.4. The number of likely N-dealkylation sites (tertiary alicyclic amines) is 2. The number of nitrogens with zero attached hydrogens (tertiary/aromatic N) is 2. The van der Waals surface area contributed by atoms with Crippen molar-refractivity contribution >= 4 is 11.6 Å². The maximum atomic E-state index is 12.9. The van der Waals surface area contributed by atoms with E-state index in [1.165, 1.54) is 49.8 Å². The molecule has 2 aliphatic heterocycles. The van der Waals surface area contributed by atoms with Gasteiger partial charge in [-0.05, 0) is 94.9 Å². The predicted molar refractivity (Wildman–Crippen MR) is 116 cm³/mol. The Balaban J connectivity index is 1.52. The number of carbonyl (C=O) groups excluding carboxylic acids is 1. The number of likely N-dealkylation sites (N-methyl/N-ethyl adjacent to an activating group) is 2. The minimum Gasteiger partial charge on any atom is -0.495 e. The van der Waals surface area contributed by atoms with Gasteiger partial charge in [-0.1, -0.05) is 12.8 Å². The van der Waals surface area contributed by atoms with Crippen LogP contribution >= 0.6 is 0 Å². The maximum absolute atomic E-state index is 12.9. The lowest BCUT2D eigenvalue weighted by atomic mass is 9.52. The van der Waals surface area contributed by atoms with Crippen molar-refractivity contribution in [3.63, 3.8) is 0 Å². The number of piperidine rings is 1. The molecule has 0 radical (unpaired) electrons. The zero-order valence-corrected chi connectivity index (χ0v) is 18.2. The number of methoxy groups -OCH3 is 1. The molecule has 1 N–H and O–H groups in total. The number of rotatable bonds is 3. The van der Waals surface area contributed by atoms with Crippen LogP contribution in [0, 0.1) is 5.92 Å². The summed E-state index contributed by atoms with van der Waals surface area (Å²) in [6.45, 7) is 2.19. The second-order valence-corrected chi connectivity index (χ2v) is 9.85. The van der Waals surface area contributed by atoms with E-state index < -0.39 is 0 Å². The minimum atomic E-state index is -0.0254. The van der Waals surface area contributed by atoms with Crippen molar-refractivity contribution < 1.29 is 9.53 Å². The molecule has 5 nitrogen and oxygen atoms in total. The molecule has 158 valence electrons. The van der Waals surface area contributed by atoms with Gasteiger partial charge in [-0.2, -0.15) is 0 Å². The molecule has 2 saturated heterocycles. The van der Waals surface area contributed by atoms with Crippen LogP contribution in [-0.4, -0.2) is 62.1 Å². The van der Waals surface area contributed by atoms with E-state index >= 15 is 0 Å². The van der Waals surface area contributed by atoms with Gasteiger partial charge in [0.1, 0.15) is 5.75 Å². The highest BCUT2D eigenvalue weighted by Crippen LogP contribution is 2.56. The fourth-order valence-electron chi connectivity index (χ4n) is 6.96. The topological polar surface area (TPSA) is 44.8 Å². The third-order valence-electron chi connectivity index (χ3n) is 8.51. The summed E-state index contributed by atoms with van der Waals surface area (Å²) in [5.41, 5.74) is 4.10. The lowest BCUT2D eigenvalue weighted by Crippen LogP contribution is -2.59. The van der Waals surface area contributed by atoms with Crippen LogP contribution in [0.15, 0.2) is 12.1 Å². The second kappa shape index (κ2) is 7.28. The van der Waals surface area contributed by atoms with Crippen molar-refractivity contribution in [3.05, 3.63) is 23.3 Å². The molecule has 5 heteroatoms. The van der Waals surface area contributed by atoms with Crippen molar-refractivity contribution in [2.24, 2.45) is 5.92 Å². The Morgan fingerprint density at radius 2 is 1.97 bits per heavy atom. The molecule has 29 heavy (non-hydrogen) atoms. The largest absolute Gasteiger partial charge is 0.495 e. The average molecular weight is 398 g/mol. The highest BCUT2D eigenvalue weighted by molar-refractivity contribution is 5.96. The van der Waals surface area contributed by atoms with E-state index in [2.05, 4.69) is 34.3 Å². The molecule has 2 unspecified atom stereocenters. The molecule has 2 bridgehead atoms. The molecule has 0 spiro atoms. The van der Waals surface area contributed by atoms with Crippen LogP contribution in [0.5, 0.6) is 5.75 Å². The third kappa shape index (κ3) is 3.00. The fraction of sp³-hybridized carbons (Fsp3) is 0.708. The molecular formula is C24H35N3O2. The normalized spacial score (nSPS) is 34.4. The number of benzene rings is 1. The van der Waals surface area contributed by atoms with Crippen LogP contribution in [0.25, 0.3) is 0 Å². The zero-order valence-electron chi connectivity index (χ0n) is 18.2. The third-order valence-corrected chi connectivity index (χ3v) is 8.51. The SMILES string of the molecule is COc1cc2c(cc1NC(=O)C1CCCN1C)C[C@H]1C3CCCC[C@@]23CCN1C. The van der Waals surface area contributed by atoms with Gasteiger partial charge in [0.25, 0.3) is 0 Å². The smallest absolute Gasteiger partial charge is 0.241 e. The van der Waals surface area contributed by atoms with Gasteiger partial charge in [0.15, 0.2) is 0 Å². The molecule has 1 amide bonds. The Morgan fingerprint density at radius 1 is 1.10 bits per heavy atom. The van der Waals surface area contributed by atoms with Crippen LogP contribution in [0.4, 0.5) is 5.69 Å². The zero-order chi connectivity index (χ0) is 20.2. The Labute approximate surface area is 174 Å². The van der Waals surface area contributed by atoms with Crippen molar-refractivity contribution in [2.75, 3.05) is 39.6 Å². The van der Waals surface area contributed by atoms with Gasteiger partial charge in [-0.25, -0.2) is 0 Å². The summed E-state index contributed by atoms with van der Waals surface area (Å²) in [4.78, 5) is 17.7. The van der Waals surface area contributed by atoms with E-state index in [4.69, 9.17) is 4.74 Å². The number of ether oxygens (including phenoxy) is 1. The number of hydrogen-bond donors (Lipinski definition) is 1. The molecular weight excluding hydrogens is 362 g/mol. The van der Waals surface area contributed by atoms with E-state index in [1.807, 2.05) is 7.05 Å². The molecule has 4 aliphatic rings. The highest BCUT2D eigenvalue weighted by Gasteiger charge is 2.53. The van der Waals surface area contributed by atoms with E-state index in [9.17, 15) is 4.79 Å². The van der Waals surface area contributed by atoms with Crippen molar-refractivity contribution in [3.8, 4) is 5.75 Å². The lowest BCUT2D eigenvalue weighted by Gasteiger charge is -2.58. The second-order valence-electron chi connectivity index (χ2n) is 9.85. The predicted octanol–water partition coefficient (Wildman–Crippen LogP) is 3.42. The van der Waals surface area contributed by atoms with E-state index in [0.717, 1.165) is 43.2 Å². The van der Waals surface area contributed by atoms with Gasteiger partial charge in [0, 0.05) is 11.5 Å². The van der Waals surface area contributed by atoms with E-state index in [0.29, 0.717) is 11.5 Å². The van der Waals surface area contributed by atoms with Crippen LogP contribution in [0.2, 0.25) is 0 Å². The maximum Gasteiger partial charge on any atom is 0.241 e. The van der Waals surface area contributed by atoms with Gasteiger partial charge in [0.05, 0.1) is 18.8 Å². The summed E-state index contributed by atoms with van der Waals surface area (Å²) in [6, 6.07) is 5.13. The summed E-state index contributed by atoms with van der Waals surface area (Å²) < 4.78 is 5.80. The number of amides is 1. The van der Waals surface area contributed by atoms with Gasteiger partial charge >= 0.3 is 0 Å². The number of carbonyl (C=O) groups is 1. The van der Waals surface area contributed by atoms with Crippen LogP contribution in [0.3, 0.4) is 0 Å². The monoisotopic (exact) mass is 397 g/mol. The standard InChI is InChI=1S/C24H35N3O2/c1-26-11-6-8-20(26)23(28)25-19-13-16-14-21-17-7-4-5-9-24(17,10-12-27(21)2)18(16)15-22(19)29-3/h13,15,17,20-21H,4-12,14H2,1-3H3,(H,25,28)/t17?,20?,21-,24-/m0/s1. The van der Waals surface area contributed by atoms with Crippen LogP contribution in [0.1, 0.15) is 56.1 Å². The first-order valence-corrected chi connectivity index (χ1v) is 11.5. The molecule has 3 fully saturated rings. The van der Waals surface area contributed by atoms with Crippen molar-refractivity contribution in [1.29, 1.82) is 0 Å². The summed E-state index contributed by atoms with van der Waals surface area (Å²) >= 11 is 0. The molecule has 5 rings (SSSR count). The summed E-state index contributed by atoms with van der Waals surface area (Å²) in [5, 5.41) is 3.21. The molecule has 1 aromatic rings. The fourth-order valence-corrected chi connectivity index (χ4v) is 6.96. The average Bonchev–Trinajstić information content (AvgIpc) is 3.16. The van der Waals surface area contributed by atoms with E-state index in [-0.39, 0.29) is 11.9 Å². The molecule has 2 heterocycles.